The standard InChI is InChI=1S/C27H36N6O2.C6H7P.C2H6/c1-3-4-10-23(28-17-21-8-6-5-7-9-21)15-22(19-34)27(35)30-24-13-14-32(18-24)26-12-11-25-29-16-20(2)33(25)31-26;7-6-4-2-1-3-5-6;1-2/h3,10-12,15-16,19,21,24,28H,1,4-9,13-14,17-18H2,2H3,(H,30,35);1-5H,7H2;1-2H3/b22-15+,23-10+;;. The second kappa shape index (κ2) is 18.8. The van der Waals surface area contributed by atoms with E-state index in [1.807, 2.05) is 73.8 Å². The number of aromatic nitrogens is 3. The van der Waals surface area contributed by atoms with Gasteiger partial charge in [-0.1, -0.05) is 75.6 Å². The number of carbonyl (C=O) groups is 2. The molecule has 0 spiro atoms. The molecule has 3 heterocycles. The molecule has 1 saturated heterocycles. The van der Waals surface area contributed by atoms with Gasteiger partial charge in [0.15, 0.2) is 11.9 Å². The highest BCUT2D eigenvalue weighted by atomic mass is 31.0. The minimum atomic E-state index is -0.343. The molecule has 2 atom stereocenters. The molecule has 2 aliphatic rings. The average Bonchev–Trinajstić information content (AvgIpc) is 3.69. The van der Waals surface area contributed by atoms with Crippen LogP contribution in [-0.4, -0.2) is 52.5 Å². The van der Waals surface area contributed by atoms with Crippen LogP contribution in [0.25, 0.3) is 5.65 Å². The van der Waals surface area contributed by atoms with Gasteiger partial charge in [-0.15, -0.1) is 20.9 Å². The minimum Gasteiger partial charge on any atom is -0.385 e. The van der Waals surface area contributed by atoms with Crippen LogP contribution in [0.2, 0.25) is 0 Å². The van der Waals surface area contributed by atoms with Gasteiger partial charge >= 0.3 is 0 Å². The van der Waals surface area contributed by atoms with Crippen LogP contribution in [0.5, 0.6) is 0 Å². The van der Waals surface area contributed by atoms with Crippen LogP contribution in [0.15, 0.2) is 84.7 Å². The van der Waals surface area contributed by atoms with E-state index >= 15 is 0 Å². The zero-order valence-corrected chi connectivity index (χ0v) is 27.7. The number of benzene rings is 1. The first-order valence-electron chi connectivity index (χ1n) is 15.9. The average molecular weight is 617 g/mol. The number of hydrogen-bond acceptors (Lipinski definition) is 6. The fraction of sp³-hybridized carbons (Fsp3) is 0.429. The summed E-state index contributed by atoms with van der Waals surface area (Å²) in [5.74, 6) is 1.15. The third-order valence-electron chi connectivity index (χ3n) is 7.69. The van der Waals surface area contributed by atoms with Crippen LogP contribution in [0.1, 0.15) is 64.5 Å². The molecule has 2 fully saturated rings. The number of imidazole rings is 1. The van der Waals surface area contributed by atoms with Crippen molar-refractivity contribution in [3.05, 3.63) is 90.4 Å². The lowest BCUT2D eigenvalue weighted by atomic mass is 9.89. The Labute approximate surface area is 265 Å². The third-order valence-corrected chi connectivity index (χ3v) is 8.07. The van der Waals surface area contributed by atoms with E-state index in [9.17, 15) is 9.59 Å². The van der Waals surface area contributed by atoms with E-state index in [4.69, 9.17) is 0 Å². The van der Waals surface area contributed by atoms with E-state index in [1.165, 1.54) is 37.4 Å². The van der Waals surface area contributed by atoms with Gasteiger partial charge in [0, 0.05) is 31.4 Å². The van der Waals surface area contributed by atoms with Gasteiger partial charge in [0.05, 0.1) is 17.5 Å². The van der Waals surface area contributed by atoms with Crippen LogP contribution in [0.4, 0.5) is 5.82 Å². The summed E-state index contributed by atoms with van der Waals surface area (Å²) in [6.45, 7) is 12.0. The summed E-state index contributed by atoms with van der Waals surface area (Å²) in [4.78, 5) is 31.2. The maximum Gasteiger partial charge on any atom is 0.254 e. The van der Waals surface area contributed by atoms with Crippen LogP contribution in [-0.2, 0) is 9.59 Å². The molecule has 1 amide bonds. The molecule has 8 nitrogen and oxygen atoms in total. The van der Waals surface area contributed by atoms with E-state index in [1.54, 1.807) is 18.3 Å². The number of fused-ring (bicyclic) bond motifs is 1. The summed E-state index contributed by atoms with van der Waals surface area (Å²) in [5, 5.41) is 12.4. The van der Waals surface area contributed by atoms with Crippen LogP contribution in [0.3, 0.4) is 0 Å². The number of carbonyl (C=O) groups excluding carboxylic acids is 2. The van der Waals surface area contributed by atoms with E-state index in [-0.39, 0.29) is 17.5 Å². The second-order valence-corrected chi connectivity index (χ2v) is 11.6. The molecule has 2 aromatic heterocycles. The predicted molar refractivity (Wildman–Crippen MR) is 185 cm³/mol. The Balaban J connectivity index is 0.000000510. The molecular formula is C35H49N6O2P. The van der Waals surface area contributed by atoms with Crippen molar-refractivity contribution >= 4 is 38.2 Å². The normalized spacial score (nSPS) is 17.2. The van der Waals surface area contributed by atoms with E-state index in [2.05, 4.69) is 41.4 Å². The Kier molecular flexibility index (Phi) is 14.8. The molecule has 1 saturated carbocycles. The zero-order chi connectivity index (χ0) is 31.7. The van der Waals surface area contributed by atoms with Gasteiger partial charge < -0.3 is 15.5 Å². The molecular weight excluding hydrogens is 567 g/mol. The summed E-state index contributed by atoms with van der Waals surface area (Å²) in [5.41, 5.74) is 2.72. The Hall–Kier alpha value is -3.77. The molecule has 5 rings (SSSR count). The molecule has 2 unspecified atom stereocenters. The van der Waals surface area contributed by atoms with Crippen molar-refractivity contribution in [1.82, 2.24) is 25.2 Å². The van der Waals surface area contributed by atoms with Gasteiger partial charge in [-0.2, -0.15) is 0 Å². The van der Waals surface area contributed by atoms with E-state index < -0.39 is 0 Å². The number of nitrogens with one attached hydrogen (secondary N) is 2. The maximum atomic E-state index is 12.9. The Morgan fingerprint density at radius 2 is 1.84 bits per heavy atom. The molecule has 0 radical (unpaired) electrons. The molecule has 1 aliphatic carbocycles. The predicted octanol–water partition coefficient (Wildman–Crippen LogP) is 5.70. The largest absolute Gasteiger partial charge is 0.385 e. The van der Waals surface area contributed by atoms with Gasteiger partial charge in [0.2, 0.25) is 0 Å². The Morgan fingerprint density at radius 1 is 1.09 bits per heavy atom. The first-order valence-corrected chi connectivity index (χ1v) is 16.4. The Bertz CT molecular complexity index is 1390. The van der Waals surface area contributed by atoms with Gasteiger partial charge in [0.1, 0.15) is 5.82 Å². The molecule has 9 heteroatoms. The van der Waals surface area contributed by atoms with Crippen molar-refractivity contribution in [2.45, 2.75) is 71.8 Å². The fourth-order valence-electron chi connectivity index (χ4n) is 5.32. The Morgan fingerprint density at radius 3 is 2.50 bits per heavy atom. The minimum absolute atomic E-state index is 0.0527. The number of amides is 1. The highest BCUT2D eigenvalue weighted by molar-refractivity contribution is 7.27. The van der Waals surface area contributed by atoms with Crippen molar-refractivity contribution < 1.29 is 9.59 Å². The molecule has 1 aromatic carbocycles. The van der Waals surface area contributed by atoms with Crippen molar-refractivity contribution in [1.29, 1.82) is 0 Å². The molecule has 2 N–H and O–H groups in total. The summed E-state index contributed by atoms with van der Waals surface area (Å²) in [6.07, 6.45) is 15.7. The van der Waals surface area contributed by atoms with Gasteiger partial charge in [-0.3, -0.25) is 9.59 Å². The van der Waals surface area contributed by atoms with Crippen molar-refractivity contribution in [2.24, 2.45) is 5.92 Å². The second-order valence-electron chi connectivity index (χ2n) is 11.0. The lowest BCUT2D eigenvalue weighted by molar-refractivity contribution is -0.119. The van der Waals surface area contributed by atoms with Crippen molar-refractivity contribution in [3.8, 4) is 0 Å². The lowest BCUT2D eigenvalue weighted by Crippen LogP contribution is -2.38. The smallest absolute Gasteiger partial charge is 0.254 e. The summed E-state index contributed by atoms with van der Waals surface area (Å²) >= 11 is 0. The summed E-state index contributed by atoms with van der Waals surface area (Å²) in [6, 6.07) is 14.0. The highest BCUT2D eigenvalue weighted by Gasteiger charge is 2.26. The number of anilines is 1. The number of nitrogens with zero attached hydrogens (tertiary/aromatic N) is 4. The SMILES string of the molecule is C=CC/C=C(\C=C(/C=O)C(=O)NC1CCN(c2ccc3ncc(C)n3n2)C1)NCC1CCCCC1.CC.Pc1ccccc1. The maximum absolute atomic E-state index is 12.9. The molecule has 1 aliphatic heterocycles. The number of allylic oxidation sites excluding steroid dienone is 3. The topological polar surface area (TPSA) is 91.6 Å². The van der Waals surface area contributed by atoms with E-state index in [0.29, 0.717) is 25.2 Å². The first kappa shape index (κ1) is 34.7. The summed E-state index contributed by atoms with van der Waals surface area (Å²) in [7, 11) is 2.63. The molecule has 44 heavy (non-hydrogen) atoms. The fourth-order valence-corrected chi connectivity index (χ4v) is 5.54. The van der Waals surface area contributed by atoms with Crippen LogP contribution in [0, 0.1) is 12.8 Å². The molecule has 3 aromatic rings. The number of aldehydes is 1. The monoisotopic (exact) mass is 616 g/mol. The van der Waals surface area contributed by atoms with Crippen molar-refractivity contribution in [3.63, 3.8) is 0 Å². The van der Waals surface area contributed by atoms with Gasteiger partial charge in [-0.25, -0.2) is 9.50 Å². The van der Waals surface area contributed by atoms with Gasteiger partial charge in [0.25, 0.3) is 5.91 Å². The number of aryl methyl sites for hydroxylation is 1. The van der Waals surface area contributed by atoms with Gasteiger partial charge in [-0.05, 0) is 62.0 Å². The van der Waals surface area contributed by atoms with Crippen molar-refractivity contribution in [2.75, 3.05) is 24.5 Å². The van der Waals surface area contributed by atoms with Crippen LogP contribution < -0.4 is 20.8 Å². The zero-order valence-electron chi connectivity index (χ0n) is 26.5. The van der Waals surface area contributed by atoms with Crippen LogP contribution >= 0.6 is 9.24 Å². The highest BCUT2D eigenvalue weighted by Crippen LogP contribution is 2.23. The quantitative estimate of drug-likeness (QED) is 0.0578. The first-order chi connectivity index (χ1) is 21.5. The summed E-state index contributed by atoms with van der Waals surface area (Å²) < 4.78 is 1.83. The molecule has 0 bridgehead atoms. The van der Waals surface area contributed by atoms with E-state index in [0.717, 1.165) is 42.4 Å². The lowest BCUT2D eigenvalue weighted by Gasteiger charge is -2.22. The number of rotatable bonds is 10. The molecule has 236 valence electrons. The number of hydrogen-bond donors (Lipinski definition) is 2. The third kappa shape index (κ3) is 10.7.